The molecule has 0 radical (unpaired) electrons. The number of carbonyl (C=O) groups is 2. The van der Waals surface area contributed by atoms with Crippen LogP contribution in [-0.4, -0.2) is 59.8 Å². The number of hydrogen-bond donors (Lipinski definition) is 0. The van der Waals surface area contributed by atoms with Crippen LogP contribution in [0.3, 0.4) is 0 Å². The van der Waals surface area contributed by atoms with Crippen LogP contribution < -0.4 is 9.63 Å². The molecule has 0 spiro atoms. The molecule has 5 rings (SSSR count). The van der Waals surface area contributed by atoms with Gasteiger partial charge in [0, 0.05) is 25.1 Å². The van der Waals surface area contributed by atoms with Gasteiger partial charge in [-0.2, -0.15) is 0 Å². The smallest absolute Gasteiger partial charge is 0.410 e. The molecule has 0 saturated carbocycles. The van der Waals surface area contributed by atoms with Crippen LogP contribution in [0.2, 0.25) is 0 Å². The summed E-state index contributed by atoms with van der Waals surface area (Å²) in [6, 6.07) is 23.4. The molecule has 2 aromatic carbocycles. The van der Waals surface area contributed by atoms with Gasteiger partial charge in [0.05, 0.1) is 13.1 Å². The molecule has 1 fully saturated rings. The number of anilines is 1. The number of aromatic nitrogens is 1. The fraction of sp³-hybridized carbons (Fsp3) is 0.424. The van der Waals surface area contributed by atoms with Crippen LogP contribution >= 0.6 is 0 Å². The third kappa shape index (κ3) is 7.13. The van der Waals surface area contributed by atoms with E-state index in [2.05, 4.69) is 0 Å². The van der Waals surface area contributed by atoms with Crippen LogP contribution in [-0.2, 0) is 35.5 Å². The molecule has 9 heteroatoms. The predicted octanol–water partition coefficient (Wildman–Crippen LogP) is 5.07. The van der Waals surface area contributed by atoms with Gasteiger partial charge >= 0.3 is 12.2 Å². The maximum absolute atomic E-state index is 13.5. The van der Waals surface area contributed by atoms with Gasteiger partial charge in [-0.05, 0) is 56.4 Å². The summed E-state index contributed by atoms with van der Waals surface area (Å²) in [5.74, 6) is 0.597. The molecule has 1 saturated heterocycles. The van der Waals surface area contributed by atoms with E-state index in [9.17, 15) is 14.8 Å². The lowest BCUT2D eigenvalue weighted by Gasteiger charge is -2.36. The Kier molecular flexibility index (Phi) is 8.85. The van der Waals surface area contributed by atoms with E-state index in [1.807, 2.05) is 98.5 Å². The van der Waals surface area contributed by atoms with Crippen LogP contribution in [0.25, 0.3) is 0 Å². The minimum Gasteiger partial charge on any atom is -0.710 e. The van der Waals surface area contributed by atoms with Gasteiger partial charge in [0.25, 0.3) is 5.82 Å². The first-order chi connectivity index (χ1) is 20.2. The number of hydrogen-bond acceptors (Lipinski definition) is 6. The maximum Gasteiger partial charge on any atom is 0.410 e. The van der Waals surface area contributed by atoms with Gasteiger partial charge in [-0.15, -0.1) is 0 Å². The van der Waals surface area contributed by atoms with E-state index >= 15 is 0 Å². The molecule has 0 unspecified atom stereocenters. The summed E-state index contributed by atoms with van der Waals surface area (Å²) in [6.07, 6.45) is 1.13. The van der Waals surface area contributed by atoms with E-state index in [4.69, 9.17) is 9.47 Å². The molecular weight excluding hydrogens is 532 g/mol. The molecule has 1 aromatic heterocycles. The van der Waals surface area contributed by atoms with Crippen molar-refractivity contribution in [1.82, 2.24) is 9.80 Å². The van der Waals surface area contributed by atoms with Gasteiger partial charge in [-0.25, -0.2) is 14.3 Å². The second-order valence-corrected chi connectivity index (χ2v) is 12.0. The Hall–Kier alpha value is -4.27. The lowest BCUT2D eigenvalue weighted by atomic mass is 9.90. The Morgan fingerprint density at radius 2 is 1.57 bits per heavy atom. The number of ether oxygens (including phenoxy) is 2. The van der Waals surface area contributed by atoms with Crippen molar-refractivity contribution in [3.63, 3.8) is 0 Å². The number of piperazine rings is 1. The van der Waals surface area contributed by atoms with Crippen LogP contribution in [0.4, 0.5) is 15.4 Å². The molecule has 9 nitrogen and oxygen atoms in total. The molecule has 2 aliphatic rings. The monoisotopic (exact) mass is 572 g/mol. The largest absolute Gasteiger partial charge is 0.710 e. The summed E-state index contributed by atoms with van der Waals surface area (Å²) in [5, 5.41) is 13.5. The Balaban J connectivity index is 1.27. The molecule has 2 heterocycles. The number of amides is 2. The number of carbonyl (C=O) groups excluding carboxylic acids is 2. The van der Waals surface area contributed by atoms with Crippen molar-refractivity contribution in [3.05, 3.63) is 100 Å². The van der Waals surface area contributed by atoms with Gasteiger partial charge in [-0.3, -0.25) is 4.90 Å². The Morgan fingerprint density at radius 3 is 2.21 bits per heavy atom. The summed E-state index contributed by atoms with van der Waals surface area (Å²) in [7, 11) is 0. The minimum absolute atomic E-state index is 0.0933. The van der Waals surface area contributed by atoms with Crippen molar-refractivity contribution in [2.24, 2.45) is 0 Å². The van der Waals surface area contributed by atoms with Crippen molar-refractivity contribution < 1.29 is 23.8 Å². The van der Waals surface area contributed by atoms with Crippen molar-refractivity contribution >= 4 is 18.0 Å². The first-order valence-electron chi connectivity index (χ1n) is 14.7. The molecule has 3 aromatic rings. The lowest BCUT2D eigenvalue weighted by Crippen LogP contribution is -2.54. The number of benzene rings is 2. The second kappa shape index (κ2) is 12.7. The summed E-state index contributed by atoms with van der Waals surface area (Å²) < 4.78 is 12.3. The molecule has 222 valence electrons. The first-order valence-corrected chi connectivity index (χ1v) is 14.7. The third-order valence-electron chi connectivity index (χ3n) is 7.76. The van der Waals surface area contributed by atoms with Gasteiger partial charge < -0.3 is 24.5 Å². The van der Waals surface area contributed by atoms with E-state index in [-0.39, 0.29) is 24.8 Å². The van der Waals surface area contributed by atoms with E-state index < -0.39 is 5.60 Å². The normalized spacial score (nSPS) is 16.9. The molecule has 2 amide bonds. The zero-order valence-corrected chi connectivity index (χ0v) is 24.7. The Morgan fingerprint density at radius 1 is 0.929 bits per heavy atom. The SMILES string of the molecule is CC(C)(C)OC(=O)N1CCN(c2ccc3c([n+]2[O-])CC[C@H](N(Cc2ccccc2)C(=O)OCc2ccccc2)C3)CC1. The van der Waals surface area contributed by atoms with Crippen LogP contribution in [0, 0.1) is 5.21 Å². The standard InChI is InChI=1S/C33H40N4O5/c1-33(2,3)42-31(38)35-20-18-34(19-21-35)30-17-14-27-22-28(15-16-29(27)37(30)40)36(23-25-10-6-4-7-11-25)32(39)41-24-26-12-8-5-9-13-26/h4-14,17,28H,15-16,18-24H2,1-3H3/t28-/m0/s1. The highest BCUT2D eigenvalue weighted by Gasteiger charge is 2.34. The summed E-state index contributed by atoms with van der Waals surface area (Å²) in [4.78, 5) is 31.4. The zero-order valence-electron chi connectivity index (χ0n) is 24.7. The quantitative estimate of drug-likeness (QED) is 0.303. The van der Waals surface area contributed by atoms with Crippen molar-refractivity contribution in [1.29, 1.82) is 0 Å². The molecular formula is C33H40N4O5. The molecule has 1 atom stereocenters. The molecule has 0 N–H and O–H groups in total. The van der Waals surface area contributed by atoms with E-state index in [1.54, 1.807) is 9.80 Å². The molecule has 1 aliphatic carbocycles. The van der Waals surface area contributed by atoms with Gasteiger partial charge in [0.15, 0.2) is 0 Å². The number of fused-ring (bicyclic) bond motifs is 1. The summed E-state index contributed by atoms with van der Waals surface area (Å²) in [5.41, 5.74) is 3.12. The van der Waals surface area contributed by atoms with Crippen LogP contribution in [0.15, 0.2) is 72.8 Å². The zero-order chi connectivity index (χ0) is 29.7. The maximum atomic E-state index is 13.5. The highest BCUT2D eigenvalue weighted by molar-refractivity contribution is 5.69. The topological polar surface area (TPSA) is 89.3 Å². The van der Waals surface area contributed by atoms with E-state index in [0.717, 1.165) is 27.1 Å². The molecule has 0 bridgehead atoms. The molecule has 42 heavy (non-hydrogen) atoms. The van der Waals surface area contributed by atoms with E-state index in [1.165, 1.54) is 0 Å². The van der Waals surface area contributed by atoms with Gasteiger partial charge in [0.2, 0.25) is 0 Å². The highest BCUT2D eigenvalue weighted by Crippen LogP contribution is 2.27. The van der Waals surface area contributed by atoms with Crippen molar-refractivity contribution in [2.45, 2.75) is 64.8 Å². The van der Waals surface area contributed by atoms with Crippen LogP contribution in [0.1, 0.15) is 49.6 Å². The highest BCUT2D eigenvalue weighted by atomic mass is 16.6. The Bertz CT molecular complexity index is 1370. The third-order valence-corrected chi connectivity index (χ3v) is 7.76. The van der Waals surface area contributed by atoms with Crippen LogP contribution in [0.5, 0.6) is 0 Å². The minimum atomic E-state index is -0.544. The average Bonchev–Trinajstić information content (AvgIpc) is 2.99. The predicted molar refractivity (Wildman–Crippen MR) is 160 cm³/mol. The Labute approximate surface area is 247 Å². The number of nitrogens with zero attached hydrogens (tertiary/aromatic N) is 4. The number of pyridine rings is 1. The first kappa shape index (κ1) is 29.2. The van der Waals surface area contributed by atoms with Crippen molar-refractivity contribution in [3.8, 4) is 0 Å². The summed E-state index contributed by atoms with van der Waals surface area (Å²) in [6.45, 7) is 8.31. The second-order valence-electron chi connectivity index (χ2n) is 12.0. The van der Waals surface area contributed by atoms with Crippen molar-refractivity contribution in [2.75, 3.05) is 31.1 Å². The van der Waals surface area contributed by atoms with E-state index in [0.29, 0.717) is 57.8 Å². The fourth-order valence-electron chi connectivity index (χ4n) is 5.58. The van der Waals surface area contributed by atoms with Gasteiger partial charge in [-0.1, -0.05) is 60.7 Å². The fourth-order valence-corrected chi connectivity index (χ4v) is 5.58. The lowest BCUT2D eigenvalue weighted by molar-refractivity contribution is -0.602. The number of rotatable bonds is 6. The van der Waals surface area contributed by atoms with Gasteiger partial charge in [0.1, 0.15) is 31.0 Å². The summed E-state index contributed by atoms with van der Waals surface area (Å²) >= 11 is 0. The molecule has 1 aliphatic heterocycles. The average molecular weight is 573 g/mol.